The summed E-state index contributed by atoms with van der Waals surface area (Å²) >= 11 is 0. The zero-order valence-electron chi connectivity index (χ0n) is 14.5. The van der Waals surface area contributed by atoms with Gasteiger partial charge in [0.05, 0.1) is 12.1 Å². The molecule has 0 aliphatic heterocycles. The van der Waals surface area contributed by atoms with Crippen molar-refractivity contribution in [2.45, 2.75) is 26.8 Å². The van der Waals surface area contributed by atoms with Crippen LogP contribution in [0.15, 0.2) is 53.6 Å². The van der Waals surface area contributed by atoms with Crippen molar-refractivity contribution in [3.8, 4) is 0 Å². The minimum absolute atomic E-state index is 0.112. The van der Waals surface area contributed by atoms with Gasteiger partial charge in [-0.15, -0.1) is 0 Å². The van der Waals surface area contributed by atoms with Gasteiger partial charge < -0.3 is 9.88 Å². The maximum Gasteiger partial charge on any atom is 0.255 e. The molecule has 0 unspecified atom stereocenters. The maximum atomic E-state index is 12.7. The number of hydrogen-bond acceptors (Lipinski definition) is 3. The van der Waals surface area contributed by atoms with E-state index in [2.05, 4.69) is 9.97 Å². The number of pyridine rings is 2. The molecule has 0 fully saturated rings. The van der Waals surface area contributed by atoms with E-state index < -0.39 is 0 Å². The average molecular weight is 335 g/mol. The van der Waals surface area contributed by atoms with Gasteiger partial charge in [-0.25, -0.2) is 0 Å². The Labute approximate surface area is 146 Å². The van der Waals surface area contributed by atoms with Crippen LogP contribution in [0.1, 0.15) is 34.8 Å². The van der Waals surface area contributed by atoms with E-state index in [1.165, 1.54) is 0 Å². The highest BCUT2D eigenvalue weighted by Crippen LogP contribution is 2.15. The minimum Gasteiger partial charge on any atom is -0.334 e. The number of aryl methyl sites for hydroxylation is 1. The SMILES string of the molecule is CCCN(Cc1cc2cc(C)ccc2[nH]c1=O)C(=O)c1cccnc1. The molecule has 0 spiro atoms. The van der Waals surface area contributed by atoms with Gasteiger partial charge in [0.2, 0.25) is 0 Å². The lowest BCUT2D eigenvalue weighted by Gasteiger charge is -2.22. The molecule has 5 heteroatoms. The van der Waals surface area contributed by atoms with Crippen LogP contribution in [0.2, 0.25) is 0 Å². The summed E-state index contributed by atoms with van der Waals surface area (Å²) in [7, 11) is 0. The molecule has 1 amide bonds. The quantitative estimate of drug-likeness (QED) is 0.778. The Hall–Kier alpha value is -2.95. The average Bonchev–Trinajstić information content (AvgIpc) is 2.62. The Morgan fingerprint density at radius 1 is 1.24 bits per heavy atom. The molecule has 25 heavy (non-hydrogen) atoms. The number of rotatable bonds is 5. The van der Waals surface area contributed by atoms with Crippen molar-refractivity contribution in [1.29, 1.82) is 0 Å². The Morgan fingerprint density at radius 3 is 2.80 bits per heavy atom. The molecule has 0 saturated carbocycles. The van der Waals surface area contributed by atoms with E-state index in [9.17, 15) is 9.59 Å². The van der Waals surface area contributed by atoms with E-state index in [1.54, 1.807) is 29.4 Å². The second-order valence-electron chi connectivity index (χ2n) is 6.18. The number of aromatic nitrogens is 2. The van der Waals surface area contributed by atoms with Crippen molar-refractivity contribution in [2.75, 3.05) is 6.54 Å². The predicted octanol–water partition coefficient (Wildman–Crippen LogP) is 3.28. The third-order valence-corrected chi connectivity index (χ3v) is 4.13. The number of hydrogen-bond donors (Lipinski definition) is 1. The smallest absolute Gasteiger partial charge is 0.255 e. The molecule has 1 N–H and O–H groups in total. The summed E-state index contributed by atoms with van der Waals surface area (Å²) in [5, 5.41) is 0.972. The largest absolute Gasteiger partial charge is 0.334 e. The van der Waals surface area contributed by atoms with E-state index in [-0.39, 0.29) is 18.0 Å². The van der Waals surface area contributed by atoms with Crippen LogP contribution < -0.4 is 5.56 Å². The Bertz CT molecular complexity index is 948. The summed E-state index contributed by atoms with van der Waals surface area (Å²) in [6.45, 7) is 4.89. The number of benzene rings is 1. The van der Waals surface area contributed by atoms with Gasteiger partial charge in [0, 0.05) is 30.0 Å². The van der Waals surface area contributed by atoms with Gasteiger partial charge in [-0.1, -0.05) is 18.6 Å². The number of aromatic amines is 1. The molecule has 3 rings (SSSR count). The van der Waals surface area contributed by atoms with Crippen molar-refractivity contribution in [3.05, 3.63) is 75.8 Å². The number of carbonyl (C=O) groups excluding carboxylic acids is 1. The van der Waals surface area contributed by atoms with Crippen LogP contribution in [0, 0.1) is 6.92 Å². The first kappa shape index (κ1) is 16.9. The number of nitrogens with one attached hydrogen (secondary N) is 1. The molecule has 1 aromatic carbocycles. The van der Waals surface area contributed by atoms with Gasteiger partial charge in [-0.05, 0) is 49.1 Å². The third-order valence-electron chi connectivity index (χ3n) is 4.13. The summed E-state index contributed by atoms with van der Waals surface area (Å²) in [6.07, 6.45) is 4.01. The van der Waals surface area contributed by atoms with Gasteiger partial charge in [0.15, 0.2) is 0 Å². The van der Waals surface area contributed by atoms with Gasteiger partial charge >= 0.3 is 0 Å². The fraction of sp³-hybridized carbons (Fsp3) is 0.250. The number of H-pyrrole nitrogens is 1. The maximum absolute atomic E-state index is 12.7. The lowest BCUT2D eigenvalue weighted by Crippen LogP contribution is -2.33. The van der Waals surface area contributed by atoms with Crippen LogP contribution in [0.4, 0.5) is 0 Å². The Kier molecular flexibility index (Phi) is 4.93. The van der Waals surface area contributed by atoms with Gasteiger partial charge in [-0.3, -0.25) is 14.6 Å². The van der Waals surface area contributed by atoms with Crippen LogP contribution in [0.5, 0.6) is 0 Å². The highest BCUT2D eigenvalue weighted by molar-refractivity contribution is 5.93. The number of amides is 1. The Balaban J connectivity index is 1.94. The fourth-order valence-electron chi connectivity index (χ4n) is 2.89. The summed E-state index contributed by atoms with van der Waals surface area (Å²) in [6, 6.07) is 11.3. The van der Waals surface area contributed by atoms with Crippen LogP contribution in [0.3, 0.4) is 0 Å². The van der Waals surface area contributed by atoms with E-state index in [0.717, 1.165) is 22.9 Å². The first-order chi connectivity index (χ1) is 12.1. The summed E-state index contributed by atoms with van der Waals surface area (Å²) in [5.74, 6) is -0.112. The zero-order valence-corrected chi connectivity index (χ0v) is 14.5. The molecule has 3 aromatic rings. The minimum atomic E-state index is -0.156. The second kappa shape index (κ2) is 7.30. The molecular weight excluding hydrogens is 314 g/mol. The van der Waals surface area contributed by atoms with Crippen LogP contribution in [0.25, 0.3) is 10.9 Å². The molecule has 0 aliphatic carbocycles. The Morgan fingerprint density at radius 2 is 2.08 bits per heavy atom. The van der Waals surface area contributed by atoms with Crippen LogP contribution in [-0.4, -0.2) is 27.3 Å². The van der Waals surface area contributed by atoms with E-state index in [4.69, 9.17) is 0 Å². The van der Waals surface area contributed by atoms with E-state index in [1.807, 2.05) is 38.1 Å². The van der Waals surface area contributed by atoms with Gasteiger partial charge in [0.25, 0.3) is 11.5 Å². The highest BCUT2D eigenvalue weighted by atomic mass is 16.2. The summed E-state index contributed by atoms with van der Waals surface area (Å²) < 4.78 is 0. The van der Waals surface area contributed by atoms with Gasteiger partial charge in [0.1, 0.15) is 0 Å². The number of carbonyl (C=O) groups is 1. The molecule has 5 nitrogen and oxygen atoms in total. The van der Waals surface area contributed by atoms with Crippen molar-refractivity contribution in [3.63, 3.8) is 0 Å². The van der Waals surface area contributed by atoms with Crippen molar-refractivity contribution in [1.82, 2.24) is 14.9 Å². The lowest BCUT2D eigenvalue weighted by molar-refractivity contribution is 0.0742. The molecule has 0 aliphatic rings. The lowest BCUT2D eigenvalue weighted by atomic mass is 10.1. The first-order valence-electron chi connectivity index (χ1n) is 8.40. The molecule has 2 aromatic heterocycles. The predicted molar refractivity (Wildman–Crippen MR) is 98.6 cm³/mol. The van der Waals surface area contributed by atoms with Crippen molar-refractivity contribution in [2.24, 2.45) is 0 Å². The van der Waals surface area contributed by atoms with Crippen LogP contribution >= 0.6 is 0 Å². The molecule has 0 radical (unpaired) electrons. The third kappa shape index (κ3) is 3.76. The van der Waals surface area contributed by atoms with E-state index in [0.29, 0.717) is 17.7 Å². The fourth-order valence-corrected chi connectivity index (χ4v) is 2.89. The molecular formula is C20H21N3O2. The monoisotopic (exact) mass is 335 g/mol. The van der Waals surface area contributed by atoms with Crippen molar-refractivity contribution >= 4 is 16.8 Å². The normalized spacial score (nSPS) is 10.8. The summed E-state index contributed by atoms with van der Waals surface area (Å²) in [4.78, 5) is 33.8. The molecule has 0 atom stereocenters. The number of nitrogens with zero attached hydrogens (tertiary/aromatic N) is 2. The van der Waals surface area contributed by atoms with Crippen LogP contribution in [-0.2, 0) is 6.54 Å². The zero-order chi connectivity index (χ0) is 17.8. The molecule has 128 valence electrons. The first-order valence-corrected chi connectivity index (χ1v) is 8.40. The standard InChI is InChI=1S/C20H21N3O2/c1-3-9-23(20(25)15-5-4-8-21-12-15)13-17-11-16-10-14(2)6-7-18(16)22-19(17)24/h4-8,10-12H,3,9,13H2,1-2H3,(H,22,24). The summed E-state index contributed by atoms with van der Waals surface area (Å²) in [5.41, 5.74) is 2.89. The molecule has 0 saturated heterocycles. The van der Waals surface area contributed by atoms with Gasteiger partial charge in [-0.2, -0.15) is 0 Å². The molecule has 0 bridgehead atoms. The second-order valence-corrected chi connectivity index (χ2v) is 6.18. The highest BCUT2D eigenvalue weighted by Gasteiger charge is 2.17. The topological polar surface area (TPSA) is 66.1 Å². The number of fused-ring (bicyclic) bond motifs is 1. The van der Waals surface area contributed by atoms with E-state index >= 15 is 0 Å². The molecule has 2 heterocycles. The van der Waals surface area contributed by atoms with Crippen molar-refractivity contribution < 1.29 is 4.79 Å².